The van der Waals surface area contributed by atoms with E-state index in [9.17, 15) is 0 Å². The Balaban J connectivity index is 2.28. The van der Waals surface area contributed by atoms with Crippen LogP contribution in [0.15, 0.2) is 12.7 Å². The second-order valence-corrected chi connectivity index (χ2v) is 3.60. The SMILES string of the molecule is CCCc1c(N)ncnc1Oc1ncn(C)n1. The van der Waals surface area contributed by atoms with Gasteiger partial charge in [0.1, 0.15) is 18.5 Å². The normalized spacial score (nSPS) is 10.5. The Morgan fingerprint density at radius 2 is 2.18 bits per heavy atom. The third kappa shape index (κ3) is 2.49. The Labute approximate surface area is 98.7 Å². The number of aryl methyl sites for hydroxylation is 1. The molecular weight excluding hydrogens is 220 g/mol. The molecule has 0 saturated heterocycles. The number of nitrogen functional groups attached to an aromatic ring is 1. The maximum Gasteiger partial charge on any atom is 0.342 e. The largest absolute Gasteiger partial charge is 0.404 e. The number of rotatable bonds is 4. The van der Waals surface area contributed by atoms with Gasteiger partial charge in [0.15, 0.2) is 0 Å². The molecule has 0 aliphatic rings. The zero-order valence-electron chi connectivity index (χ0n) is 9.79. The van der Waals surface area contributed by atoms with Crippen LogP contribution in [-0.4, -0.2) is 24.7 Å². The van der Waals surface area contributed by atoms with E-state index in [2.05, 4.69) is 27.0 Å². The highest BCUT2D eigenvalue weighted by Gasteiger charge is 2.12. The number of nitrogens with zero attached hydrogens (tertiary/aromatic N) is 5. The first kappa shape index (κ1) is 11.3. The minimum atomic E-state index is 0.253. The number of hydrogen-bond donors (Lipinski definition) is 1. The van der Waals surface area contributed by atoms with Crippen LogP contribution in [0.2, 0.25) is 0 Å². The molecule has 17 heavy (non-hydrogen) atoms. The van der Waals surface area contributed by atoms with Gasteiger partial charge in [-0.2, -0.15) is 4.98 Å². The van der Waals surface area contributed by atoms with Crippen LogP contribution in [0.25, 0.3) is 0 Å². The summed E-state index contributed by atoms with van der Waals surface area (Å²) >= 11 is 0. The fourth-order valence-electron chi connectivity index (χ4n) is 1.43. The average molecular weight is 234 g/mol. The van der Waals surface area contributed by atoms with Gasteiger partial charge in [-0.25, -0.2) is 9.97 Å². The zero-order chi connectivity index (χ0) is 12.3. The van der Waals surface area contributed by atoms with Crippen LogP contribution in [-0.2, 0) is 13.5 Å². The first-order chi connectivity index (χ1) is 8.20. The lowest BCUT2D eigenvalue weighted by Gasteiger charge is -2.07. The van der Waals surface area contributed by atoms with Gasteiger partial charge in [0.25, 0.3) is 0 Å². The van der Waals surface area contributed by atoms with Crippen molar-refractivity contribution >= 4 is 5.82 Å². The molecule has 0 amide bonds. The van der Waals surface area contributed by atoms with Crippen molar-refractivity contribution in [2.45, 2.75) is 19.8 Å². The molecule has 2 rings (SSSR count). The number of anilines is 1. The van der Waals surface area contributed by atoms with Gasteiger partial charge in [-0.05, 0) is 6.42 Å². The highest BCUT2D eigenvalue weighted by atomic mass is 16.5. The fraction of sp³-hybridized carbons (Fsp3) is 0.400. The molecule has 90 valence electrons. The quantitative estimate of drug-likeness (QED) is 0.846. The molecule has 2 N–H and O–H groups in total. The van der Waals surface area contributed by atoms with E-state index in [1.807, 2.05) is 0 Å². The molecule has 7 nitrogen and oxygen atoms in total. The van der Waals surface area contributed by atoms with Crippen molar-refractivity contribution in [1.82, 2.24) is 24.7 Å². The molecule has 0 aliphatic heterocycles. The van der Waals surface area contributed by atoms with Gasteiger partial charge in [0, 0.05) is 7.05 Å². The van der Waals surface area contributed by atoms with Crippen LogP contribution >= 0.6 is 0 Å². The Morgan fingerprint density at radius 1 is 1.35 bits per heavy atom. The molecule has 0 atom stereocenters. The predicted molar refractivity (Wildman–Crippen MR) is 61.5 cm³/mol. The zero-order valence-corrected chi connectivity index (χ0v) is 9.79. The molecule has 2 aromatic rings. The van der Waals surface area contributed by atoms with Gasteiger partial charge in [-0.1, -0.05) is 13.3 Å². The number of nitrogens with two attached hydrogens (primary N) is 1. The summed E-state index contributed by atoms with van der Waals surface area (Å²) in [5.74, 6) is 0.860. The van der Waals surface area contributed by atoms with E-state index < -0.39 is 0 Å². The third-order valence-electron chi connectivity index (χ3n) is 2.21. The van der Waals surface area contributed by atoms with Crippen molar-refractivity contribution in [2.24, 2.45) is 7.05 Å². The summed E-state index contributed by atoms with van der Waals surface area (Å²) in [4.78, 5) is 12.0. The molecule has 0 spiro atoms. The molecule has 0 saturated carbocycles. The van der Waals surface area contributed by atoms with Crippen LogP contribution in [0.1, 0.15) is 18.9 Å². The molecule has 0 radical (unpaired) electrons. The predicted octanol–water partition coefficient (Wildman–Crippen LogP) is 0.932. The van der Waals surface area contributed by atoms with Gasteiger partial charge >= 0.3 is 6.01 Å². The highest BCUT2D eigenvalue weighted by molar-refractivity contribution is 5.45. The topological polar surface area (TPSA) is 91.7 Å². The molecule has 7 heteroatoms. The summed E-state index contributed by atoms with van der Waals surface area (Å²) in [5.41, 5.74) is 6.58. The first-order valence-electron chi connectivity index (χ1n) is 5.33. The third-order valence-corrected chi connectivity index (χ3v) is 2.21. The Kier molecular flexibility index (Phi) is 3.17. The van der Waals surface area contributed by atoms with E-state index in [1.165, 1.54) is 6.33 Å². The molecular formula is C10H14N6O. The molecule has 0 fully saturated rings. The lowest BCUT2D eigenvalue weighted by Crippen LogP contribution is -2.03. The number of aromatic nitrogens is 5. The van der Waals surface area contributed by atoms with Gasteiger partial charge in [-0.15, -0.1) is 5.10 Å². The van der Waals surface area contributed by atoms with Crippen molar-refractivity contribution in [1.29, 1.82) is 0 Å². The maximum absolute atomic E-state index is 5.79. The van der Waals surface area contributed by atoms with Gasteiger partial charge in [-0.3, -0.25) is 4.68 Å². The van der Waals surface area contributed by atoms with E-state index in [-0.39, 0.29) is 6.01 Å². The van der Waals surface area contributed by atoms with Crippen molar-refractivity contribution < 1.29 is 4.74 Å². The monoisotopic (exact) mass is 234 g/mol. The minimum absolute atomic E-state index is 0.253. The lowest BCUT2D eigenvalue weighted by molar-refractivity contribution is 0.416. The summed E-state index contributed by atoms with van der Waals surface area (Å²) in [6, 6.07) is 0.253. The summed E-state index contributed by atoms with van der Waals surface area (Å²) in [5, 5.41) is 4.02. The van der Waals surface area contributed by atoms with E-state index in [1.54, 1.807) is 18.1 Å². The highest BCUT2D eigenvalue weighted by Crippen LogP contribution is 2.24. The van der Waals surface area contributed by atoms with Gasteiger partial charge in [0.2, 0.25) is 5.88 Å². The van der Waals surface area contributed by atoms with Crippen molar-refractivity contribution in [3.8, 4) is 11.9 Å². The molecule has 0 unspecified atom stereocenters. The molecule has 0 bridgehead atoms. The fourth-order valence-corrected chi connectivity index (χ4v) is 1.43. The molecule has 0 aliphatic carbocycles. The first-order valence-corrected chi connectivity index (χ1v) is 5.33. The van der Waals surface area contributed by atoms with Crippen molar-refractivity contribution in [2.75, 3.05) is 5.73 Å². The molecule has 2 aromatic heterocycles. The molecule has 0 aromatic carbocycles. The van der Waals surface area contributed by atoms with E-state index in [0.29, 0.717) is 11.7 Å². The standard InChI is InChI=1S/C10H14N6O/c1-3-4-7-8(11)12-5-13-9(7)17-10-14-6-16(2)15-10/h5-6H,3-4H2,1-2H3,(H2,11,12,13). The lowest BCUT2D eigenvalue weighted by atomic mass is 10.2. The summed E-state index contributed by atoms with van der Waals surface area (Å²) < 4.78 is 7.04. The molecule has 2 heterocycles. The van der Waals surface area contributed by atoms with E-state index in [0.717, 1.165) is 18.4 Å². The smallest absolute Gasteiger partial charge is 0.342 e. The minimum Gasteiger partial charge on any atom is -0.404 e. The number of hydrogen-bond acceptors (Lipinski definition) is 6. The van der Waals surface area contributed by atoms with Crippen LogP contribution in [0.3, 0.4) is 0 Å². The maximum atomic E-state index is 5.79. The summed E-state index contributed by atoms with van der Waals surface area (Å²) in [6.07, 6.45) is 4.62. The summed E-state index contributed by atoms with van der Waals surface area (Å²) in [6.45, 7) is 2.05. The Hall–Kier alpha value is -2.18. The number of ether oxygens (including phenoxy) is 1. The van der Waals surface area contributed by atoms with Crippen LogP contribution in [0, 0.1) is 0 Å². The van der Waals surface area contributed by atoms with E-state index >= 15 is 0 Å². The van der Waals surface area contributed by atoms with E-state index in [4.69, 9.17) is 10.5 Å². The van der Waals surface area contributed by atoms with Gasteiger partial charge in [0.05, 0.1) is 5.56 Å². The van der Waals surface area contributed by atoms with Crippen LogP contribution < -0.4 is 10.5 Å². The van der Waals surface area contributed by atoms with Gasteiger partial charge < -0.3 is 10.5 Å². The van der Waals surface area contributed by atoms with Crippen molar-refractivity contribution in [3.05, 3.63) is 18.2 Å². The van der Waals surface area contributed by atoms with Crippen LogP contribution in [0.5, 0.6) is 11.9 Å². The summed E-state index contributed by atoms with van der Waals surface area (Å²) in [7, 11) is 1.77. The van der Waals surface area contributed by atoms with Crippen LogP contribution in [0.4, 0.5) is 5.82 Å². The van der Waals surface area contributed by atoms with Crippen molar-refractivity contribution in [3.63, 3.8) is 0 Å². The second-order valence-electron chi connectivity index (χ2n) is 3.60. The second kappa shape index (κ2) is 4.77. The average Bonchev–Trinajstić information content (AvgIpc) is 2.69. The Bertz CT molecular complexity index is 509. The Morgan fingerprint density at radius 3 is 2.82 bits per heavy atom.